The summed E-state index contributed by atoms with van der Waals surface area (Å²) in [6.45, 7) is 1.13. The predicted molar refractivity (Wildman–Crippen MR) is 55.9 cm³/mol. The third-order valence-electron chi connectivity index (χ3n) is 2.93. The van der Waals surface area contributed by atoms with Crippen LogP contribution < -0.4 is 0 Å². The fourth-order valence-electron chi connectivity index (χ4n) is 1.80. The van der Waals surface area contributed by atoms with E-state index in [1.165, 1.54) is 0 Å². The maximum atomic E-state index is 12.5. The molecule has 1 fully saturated rings. The van der Waals surface area contributed by atoms with Gasteiger partial charge >= 0.3 is 6.18 Å². The molecule has 1 aliphatic rings. The van der Waals surface area contributed by atoms with Gasteiger partial charge in [0.2, 0.25) is 10.0 Å². The molecule has 4 nitrogen and oxygen atoms in total. The smallest absolute Gasteiger partial charge is 0.380 e. The molecule has 0 radical (unpaired) electrons. The second-order valence-corrected chi connectivity index (χ2v) is 6.33. The van der Waals surface area contributed by atoms with Crippen molar-refractivity contribution >= 4 is 10.0 Å². The highest BCUT2D eigenvalue weighted by molar-refractivity contribution is 7.89. The molecule has 0 aliphatic carbocycles. The minimum Gasteiger partial charge on any atom is -0.380 e. The van der Waals surface area contributed by atoms with Crippen molar-refractivity contribution in [3.05, 3.63) is 0 Å². The standard InChI is InChI=1S/C9H16F3NO3S/c1-2-7-17(15,16)13-5-3-8(14,4-6-13)9(10,11)12/h14H,2-7H2,1H3. The summed E-state index contributed by atoms with van der Waals surface area (Å²) in [5, 5.41) is 9.37. The van der Waals surface area contributed by atoms with Crippen molar-refractivity contribution in [3.8, 4) is 0 Å². The molecule has 0 atom stereocenters. The zero-order chi connectivity index (χ0) is 13.3. The van der Waals surface area contributed by atoms with E-state index in [2.05, 4.69) is 0 Å². The first kappa shape index (κ1) is 14.7. The van der Waals surface area contributed by atoms with E-state index in [-0.39, 0.29) is 18.8 Å². The lowest BCUT2D eigenvalue weighted by Crippen LogP contribution is -2.54. The van der Waals surface area contributed by atoms with Crippen LogP contribution in [0.25, 0.3) is 0 Å². The number of alkyl halides is 3. The van der Waals surface area contributed by atoms with Gasteiger partial charge in [0.1, 0.15) is 0 Å². The Balaban J connectivity index is 2.69. The van der Waals surface area contributed by atoms with Crippen LogP contribution in [0.1, 0.15) is 26.2 Å². The van der Waals surface area contributed by atoms with Crippen LogP contribution in [-0.4, -0.2) is 48.4 Å². The summed E-state index contributed by atoms with van der Waals surface area (Å²) >= 11 is 0. The number of rotatable bonds is 3. The summed E-state index contributed by atoms with van der Waals surface area (Å²) in [6, 6.07) is 0. The Morgan fingerprint density at radius 2 is 1.76 bits per heavy atom. The van der Waals surface area contributed by atoms with Gasteiger partial charge in [-0.25, -0.2) is 12.7 Å². The Morgan fingerprint density at radius 1 is 1.29 bits per heavy atom. The van der Waals surface area contributed by atoms with Crippen molar-refractivity contribution in [2.24, 2.45) is 0 Å². The highest BCUT2D eigenvalue weighted by Gasteiger charge is 2.55. The number of hydrogen-bond donors (Lipinski definition) is 1. The van der Waals surface area contributed by atoms with Crippen LogP contribution in [0.3, 0.4) is 0 Å². The Hall–Kier alpha value is -0.340. The molecule has 1 heterocycles. The van der Waals surface area contributed by atoms with Crippen molar-refractivity contribution in [1.82, 2.24) is 4.31 Å². The van der Waals surface area contributed by atoms with Gasteiger partial charge in [0.05, 0.1) is 5.75 Å². The van der Waals surface area contributed by atoms with Crippen molar-refractivity contribution in [3.63, 3.8) is 0 Å². The van der Waals surface area contributed by atoms with Gasteiger partial charge in [-0.05, 0) is 19.3 Å². The number of aliphatic hydroxyl groups is 1. The van der Waals surface area contributed by atoms with Gasteiger partial charge in [-0.3, -0.25) is 0 Å². The number of sulfonamides is 1. The molecule has 0 amide bonds. The van der Waals surface area contributed by atoms with E-state index in [0.717, 1.165) is 4.31 Å². The van der Waals surface area contributed by atoms with Crippen molar-refractivity contribution in [1.29, 1.82) is 0 Å². The zero-order valence-corrected chi connectivity index (χ0v) is 10.3. The molecule has 0 bridgehead atoms. The average molecular weight is 275 g/mol. The second-order valence-electron chi connectivity index (χ2n) is 4.24. The molecule has 0 unspecified atom stereocenters. The first-order valence-corrected chi connectivity index (χ1v) is 7.00. The summed E-state index contributed by atoms with van der Waals surface area (Å²) in [7, 11) is -3.47. The summed E-state index contributed by atoms with van der Waals surface area (Å²) in [5.41, 5.74) is -2.74. The van der Waals surface area contributed by atoms with E-state index < -0.39 is 34.6 Å². The second kappa shape index (κ2) is 4.74. The van der Waals surface area contributed by atoms with Crippen molar-refractivity contribution < 1.29 is 26.7 Å². The van der Waals surface area contributed by atoms with Gasteiger partial charge < -0.3 is 5.11 Å². The van der Waals surface area contributed by atoms with E-state index in [1.54, 1.807) is 6.92 Å². The van der Waals surface area contributed by atoms with E-state index >= 15 is 0 Å². The molecule has 0 saturated carbocycles. The minimum absolute atomic E-state index is 0.0720. The fraction of sp³-hybridized carbons (Fsp3) is 1.00. The third-order valence-corrected chi connectivity index (χ3v) is 5.01. The number of nitrogens with zero attached hydrogens (tertiary/aromatic N) is 1. The number of piperidine rings is 1. The van der Waals surface area contributed by atoms with Gasteiger partial charge in [0.25, 0.3) is 0 Å². The van der Waals surface area contributed by atoms with Crippen molar-refractivity contribution in [2.45, 2.75) is 38.0 Å². The minimum atomic E-state index is -4.70. The molecule has 1 aliphatic heterocycles. The van der Waals surface area contributed by atoms with E-state index in [4.69, 9.17) is 0 Å². The van der Waals surface area contributed by atoms with Gasteiger partial charge in [0, 0.05) is 13.1 Å². The number of halogens is 3. The normalized spacial score (nSPS) is 22.6. The zero-order valence-electron chi connectivity index (χ0n) is 9.50. The Kier molecular flexibility index (Phi) is 4.10. The molecule has 0 aromatic rings. The molecule has 0 aromatic carbocycles. The number of hydrogen-bond acceptors (Lipinski definition) is 3. The molecule has 8 heteroatoms. The van der Waals surface area contributed by atoms with Crippen LogP contribution in [0.2, 0.25) is 0 Å². The monoisotopic (exact) mass is 275 g/mol. The van der Waals surface area contributed by atoms with Crippen LogP contribution in [-0.2, 0) is 10.0 Å². The highest BCUT2D eigenvalue weighted by Crippen LogP contribution is 2.38. The SMILES string of the molecule is CCCS(=O)(=O)N1CCC(O)(C(F)(F)F)CC1. The summed E-state index contributed by atoms with van der Waals surface area (Å²) < 4.78 is 61.7. The van der Waals surface area contributed by atoms with Gasteiger partial charge in [-0.1, -0.05) is 6.92 Å². The Morgan fingerprint density at radius 3 is 2.12 bits per heavy atom. The average Bonchev–Trinajstić information content (AvgIpc) is 2.16. The Labute approximate surface area is 98.5 Å². The molecule has 17 heavy (non-hydrogen) atoms. The van der Waals surface area contributed by atoms with E-state index in [1.807, 2.05) is 0 Å². The molecule has 0 aromatic heterocycles. The van der Waals surface area contributed by atoms with Crippen LogP contribution in [0.15, 0.2) is 0 Å². The topological polar surface area (TPSA) is 57.6 Å². The molecule has 1 rings (SSSR count). The molecule has 1 saturated heterocycles. The van der Waals surface area contributed by atoms with Crippen LogP contribution >= 0.6 is 0 Å². The fourth-order valence-corrected chi connectivity index (χ4v) is 3.32. The van der Waals surface area contributed by atoms with Crippen LogP contribution in [0, 0.1) is 0 Å². The quantitative estimate of drug-likeness (QED) is 0.839. The van der Waals surface area contributed by atoms with Crippen molar-refractivity contribution in [2.75, 3.05) is 18.8 Å². The lowest BCUT2D eigenvalue weighted by atomic mass is 9.92. The summed E-state index contributed by atoms with van der Waals surface area (Å²) in [6.07, 6.45) is -5.48. The summed E-state index contributed by atoms with van der Waals surface area (Å²) in [4.78, 5) is 0. The lowest BCUT2D eigenvalue weighted by Gasteiger charge is -2.38. The van der Waals surface area contributed by atoms with Gasteiger partial charge in [-0.2, -0.15) is 13.2 Å². The third kappa shape index (κ3) is 3.11. The first-order chi connectivity index (χ1) is 7.62. The maximum Gasteiger partial charge on any atom is 0.417 e. The van der Waals surface area contributed by atoms with Crippen LogP contribution in [0.4, 0.5) is 13.2 Å². The summed E-state index contributed by atoms with van der Waals surface area (Å²) in [5.74, 6) is -0.0720. The largest absolute Gasteiger partial charge is 0.417 e. The molecular weight excluding hydrogens is 259 g/mol. The lowest BCUT2D eigenvalue weighted by molar-refractivity contribution is -0.270. The van der Waals surface area contributed by atoms with Gasteiger partial charge in [0.15, 0.2) is 5.60 Å². The van der Waals surface area contributed by atoms with Gasteiger partial charge in [-0.15, -0.1) is 0 Å². The first-order valence-electron chi connectivity index (χ1n) is 5.39. The molecule has 102 valence electrons. The molecule has 1 N–H and O–H groups in total. The highest BCUT2D eigenvalue weighted by atomic mass is 32.2. The van der Waals surface area contributed by atoms with Crippen LogP contribution in [0.5, 0.6) is 0 Å². The molecular formula is C9H16F3NO3S. The molecule has 0 spiro atoms. The predicted octanol–water partition coefficient (Wildman–Crippen LogP) is 1.12. The Bertz CT molecular complexity index is 358. The van der Waals surface area contributed by atoms with E-state index in [9.17, 15) is 26.7 Å². The maximum absolute atomic E-state index is 12.5. The van der Waals surface area contributed by atoms with E-state index in [0.29, 0.717) is 6.42 Å².